The number of carbonyl (C=O) groups is 1. The predicted molar refractivity (Wildman–Crippen MR) is 101 cm³/mol. The van der Waals surface area contributed by atoms with Gasteiger partial charge in [0.25, 0.3) is 0 Å². The molecule has 0 unspecified atom stereocenters. The van der Waals surface area contributed by atoms with Gasteiger partial charge in [-0.3, -0.25) is 4.90 Å². The molecular formula is C18H24N4O3S. The van der Waals surface area contributed by atoms with E-state index in [2.05, 4.69) is 34.0 Å². The molecule has 1 aliphatic rings. The van der Waals surface area contributed by atoms with Crippen LogP contribution in [0.5, 0.6) is 0 Å². The predicted octanol–water partition coefficient (Wildman–Crippen LogP) is 2.80. The highest BCUT2D eigenvalue weighted by molar-refractivity contribution is 7.14. The van der Waals surface area contributed by atoms with E-state index < -0.39 is 5.97 Å². The van der Waals surface area contributed by atoms with Crippen LogP contribution in [0, 0.1) is 5.92 Å². The lowest BCUT2D eigenvalue weighted by Gasteiger charge is -2.33. The summed E-state index contributed by atoms with van der Waals surface area (Å²) in [5.41, 5.74) is 0.295. The summed E-state index contributed by atoms with van der Waals surface area (Å²) in [5, 5.41) is 5.35. The Bertz CT molecular complexity index is 707. The first-order valence-corrected chi connectivity index (χ1v) is 9.63. The Labute approximate surface area is 157 Å². The van der Waals surface area contributed by atoms with Crippen LogP contribution in [0.4, 0.5) is 10.9 Å². The molecule has 0 bridgehead atoms. The van der Waals surface area contributed by atoms with Crippen molar-refractivity contribution in [1.82, 2.24) is 14.9 Å². The number of pyridine rings is 1. The van der Waals surface area contributed by atoms with Gasteiger partial charge in [0.2, 0.25) is 0 Å². The highest BCUT2D eigenvalue weighted by Gasteiger charge is 2.23. The molecule has 3 rings (SSSR count). The first kappa shape index (κ1) is 18.8. The molecule has 0 aromatic carbocycles. The SMILES string of the molecule is CC(C)CN1CCO[C@@H](COC(=O)c2csc(Nc3ccccn3)n2)C1. The number of rotatable bonds is 7. The first-order chi connectivity index (χ1) is 12.6. The summed E-state index contributed by atoms with van der Waals surface area (Å²) in [7, 11) is 0. The van der Waals surface area contributed by atoms with Gasteiger partial charge in [-0.1, -0.05) is 19.9 Å². The molecule has 0 aliphatic carbocycles. The molecule has 0 radical (unpaired) electrons. The van der Waals surface area contributed by atoms with Crippen molar-refractivity contribution in [2.24, 2.45) is 5.92 Å². The van der Waals surface area contributed by atoms with E-state index in [4.69, 9.17) is 9.47 Å². The third kappa shape index (κ3) is 5.48. The fourth-order valence-corrected chi connectivity index (χ4v) is 3.46. The standard InChI is InChI=1S/C18H24N4O3S/c1-13(2)9-22-7-8-24-14(10-22)11-25-17(23)15-12-26-18(20-15)21-16-5-3-4-6-19-16/h3-6,12-14H,7-11H2,1-2H3,(H,19,20,21)/t14-/m1/s1. The minimum atomic E-state index is -0.431. The van der Waals surface area contributed by atoms with Crippen molar-refractivity contribution >= 4 is 28.3 Å². The van der Waals surface area contributed by atoms with Crippen molar-refractivity contribution in [2.45, 2.75) is 20.0 Å². The van der Waals surface area contributed by atoms with Gasteiger partial charge < -0.3 is 14.8 Å². The number of nitrogens with one attached hydrogen (secondary N) is 1. The maximum atomic E-state index is 12.2. The number of thiazole rings is 1. The second-order valence-corrected chi connectivity index (χ2v) is 7.48. The number of aromatic nitrogens is 2. The summed E-state index contributed by atoms with van der Waals surface area (Å²) in [6, 6.07) is 5.55. The van der Waals surface area contributed by atoms with E-state index in [9.17, 15) is 4.79 Å². The molecule has 0 saturated carbocycles. The van der Waals surface area contributed by atoms with E-state index in [1.165, 1.54) is 11.3 Å². The Hall–Kier alpha value is -2.03. The monoisotopic (exact) mass is 376 g/mol. The van der Waals surface area contributed by atoms with Crippen molar-refractivity contribution in [2.75, 3.05) is 38.2 Å². The van der Waals surface area contributed by atoms with Crippen molar-refractivity contribution < 1.29 is 14.3 Å². The van der Waals surface area contributed by atoms with Gasteiger partial charge in [-0.15, -0.1) is 11.3 Å². The minimum absolute atomic E-state index is 0.0869. The first-order valence-electron chi connectivity index (χ1n) is 8.75. The zero-order chi connectivity index (χ0) is 18.4. The van der Waals surface area contributed by atoms with Gasteiger partial charge in [-0.05, 0) is 18.1 Å². The molecule has 2 aromatic heterocycles. The molecule has 1 aliphatic heterocycles. The number of hydrogen-bond acceptors (Lipinski definition) is 8. The Balaban J connectivity index is 1.48. The average molecular weight is 376 g/mol. The fourth-order valence-electron chi connectivity index (χ4n) is 2.78. The lowest BCUT2D eigenvalue weighted by Crippen LogP contribution is -2.45. The zero-order valence-electron chi connectivity index (χ0n) is 15.1. The number of anilines is 2. The summed E-state index contributed by atoms with van der Waals surface area (Å²) in [6.07, 6.45) is 1.61. The van der Waals surface area contributed by atoms with Crippen LogP contribution < -0.4 is 5.32 Å². The van der Waals surface area contributed by atoms with Gasteiger partial charge >= 0.3 is 5.97 Å². The Morgan fingerprint density at radius 3 is 3.15 bits per heavy atom. The molecule has 1 fully saturated rings. The molecule has 0 amide bonds. The number of nitrogens with zero attached hydrogens (tertiary/aromatic N) is 3. The van der Waals surface area contributed by atoms with Gasteiger partial charge in [-0.25, -0.2) is 14.8 Å². The number of ether oxygens (including phenoxy) is 2. The minimum Gasteiger partial charge on any atom is -0.458 e. The van der Waals surface area contributed by atoms with Gasteiger partial charge in [0.05, 0.1) is 6.61 Å². The highest BCUT2D eigenvalue weighted by Crippen LogP contribution is 2.20. The van der Waals surface area contributed by atoms with E-state index in [1.54, 1.807) is 11.6 Å². The molecular weight excluding hydrogens is 352 g/mol. The van der Waals surface area contributed by atoms with Crippen LogP contribution in [-0.4, -0.2) is 59.8 Å². The van der Waals surface area contributed by atoms with Crippen LogP contribution in [0.15, 0.2) is 29.8 Å². The lowest BCUT2D eigenvalue weighted by molar-refractivity contribution is -0.0613. The normalized spacial score (nSPS) is 18.0. The second kappa shape index (κ2) is 9.07. The molecule has 140 valence electrons. The second-order valence-electron chi connectivity index (χ2n) is 6.62. The van der Waals surface area contributed by atoms with Gasteiger partial charge in [0, 0.05) is 31.2 Å². The molecule has 2 aromatic rings. The van der Waals surface area contributed by atoms with E-state index in [1.807, 2.05) is 18.2 Å². The number of carbonyl (C=O) groups excluding carboxylic acids is 1. The third-order valence-corrected chi connectivity index (χ3v) is 4.62. The van der Waals surface area contributed by atoms with E-state index in [-0.39, 0.29) is 12.7 Å². The van der Waals surface area contributed by atoms with Crippen LogP contribution in [0.2, 0.25) is 0 Å². The molecule has 7 nitrogen and oxygen atoms in total. The topological polar surface area (TPSA) is 76.6 Å². The number of morpholine rings is 1. The van der Waals surface area contributed by atoms with E-state index >= 15 is 0 Å². The van der Waals surface area contributed by atoms with E-state index in [0.717, 1.165) is 19.6 Å². The zero-order valence-corrected chi connectivity index (χ0v) is 15.9. The van der Waals surface area contributed by atoms with Crippen LogP contribution in [0.1, 0.15) is 24.3 Å². The molecule has 1 N–H and O–H groups in total. The van der Waals surface area contributed by atoms with Crippen LogP contribution in [0.3, 0.4) is 0 Å². The average Bonchev–Trinajstić information content (AvgIpc) is 3.09. The quantitative estimate of drug-likeness (QED) is 0.745. The van der Waals surface area contributed by atoms with Gasteiger partial charge in [0.15, 0.2) is 10.8 Å². The lowest BCUT2D eigenvalue weighted by atomic mass is 10.2. The Morgan fingerprint density at radius 1 is 1.50 bits per heavy atom. The molecule has 8 heteroatoms. The fraction of sp³-hybridized carbons (Fsp3) is 0.500. The molecule has 1 saturated heterocycles. The van der Waals surface area contributed by atoms with Crippen LogP contribution >= 0.6 is 11.3 Å². The highest BCUT2D eigenvalue weighted by atomic mass is 32.1. The van der Waals surface area contributed by atoms with Crippen molar-refractivity contribution in [3.05, 3.63) is 35.5 Å². The Morgan fingerprint density at radius 2 is 2.38 bits per heavy atom. The maximum absolute atomic E-state index is 12.2. The molecule has 3 heterocycles. The summed E-state index contributed by atoms with van der Waals surface area (Å²) in [6.45, 7) is 8.05. The number of hydrogen-bond donors (Lipinski definition) is 1. The van der Waals surface area contributed by atoms with Crippen molar-refractivity contribution in [3.63, 3.8) is 0 Å². The number of esters is 1. The maximum Gasteiger partial charge on any atom is 0.357 e. The summed E-state index contributed by atoms with van der Waals surface area (Å²) in [5.74, 6) is 0.860. The molecule has 1 atom stereocenters. The third-order valence-electron chi connectivity index (χ3n) is 3.86. The summed E-state index contributed by atoms with van der Waals surface area (Å²) >= 11 is 1.34. The summed E-state index contributed by atoms with van der Waals surface area (Å²) in [4.78, 5) is 23.0. The van der Waals surface area contributed by atoms with Crippen LogP contribution in [-0.2, 0) is 9.47 Å². The largest absolute Gasteiger partial charge is 0.458 e. The van der Waals surface area contributed by atoms with Crippen molar-refractivity contribution in [3.8, 4) is 0 Å². The van der Waals surface area contributed by atoms with Gasteiger partial charge in [-0.2, -0.15) is 0 Å². The summed E-state index contributed by atoms with van der Waals surface area (Å²) < 4.78 is 11.1. The molecule has 26 heavy (non-hydrogen) atoms. The molecule has 0 spiro atoms. The van der Waals surface area contributed by atoms with Crippen LogP contribution in [0.25, 0.3) is 0 Å². The Kier molecular flexibility index (Phi) is 6.54. The van der Waals surface area contributed by atoms with Gasteiger partial charge in [0.1, 0.15) is 18.5 Å². The van der Waals surface area contributed by atoms with Crippen molar-refractivity contribution in [1.29, 1.82) is 0 Å². The van der Waals surface area contributed by atoms with E-state index in [0.29, 0.717) is 29.2 Å². The smallest absolute Gasteiger partial charge is 0.357 e.